The number of benzene rings is 7. The van der Waals surface area contributed by atoms with Crippen molar-refractivity contribution in [2.75, 3.05) is 0 Å². The van der Waals surface area contributed by atoms with Crippen LogP contribution < -0.4 is 0 Å². The van der Waals surface area contributed by atoms with Gasteiger partial charge in [-0.1, -0.05) is 135 Å². The largest absolute Gasteiger partial charge is 0.309 e. The Bertz CT molecular complexity index is 2480. The quantitative estimate of drug-likeness (QED) is 0.198. The first-order valence-corrected chi connectivity index (χ1v) is 15.5. The Morgan fingerprint density at radius 2 is 1.07 bits per heavy atom. The molecule has 0 radical (unpaired) electrons. The van der Waals surface area contributed by atoms with Crippen LogP contribution in [0.1, 0.15) is 25.0 Å². The van der Waals surface area contributed by atoms with E-state index in [0.717, 1.165) is 0 Å². The second-order valence-corrected chi connectivity index (χ2v) is 12.9. The molecule has 8 aromatic rings. The molecular formula is C43H29N. The lowest BCUT2D eigenvalue weighted by Gasteiger charge is -2.21. The van der Waals surface area contributed by atoms with Crippen molar-refractivity contribution >= 4 is 32.6 Å². The molecule has 0 unspecified atom stereocenters. The monoisotopic (exact) mass is 559 g/mol. The van der Waals surface area contributed by atoms with Crippen LogP contribution in [0.15, 0.2) is 140 Å². The van der Waals surface area contributed by atoms with E-state index >= 15 is 0 Å². The number of hydrogen-bond donors (Lipinski definition) is 0. The molecule has 206 valence electrons. The first-order chi connectivity index (χ1) is 21.6. The van der Waals surface area contributed by atoms with Gasteiger partial charge in [0, 0.05) is 27.4 Å². The van der Waals surface area contributed by atoms with Crippen LogP contribution in [-0.4, -0.2) is 4.57 Å². The van der Waals surface area contributed by atoms with Crippen molar-refractivity contribution in [3.8, 4) is 50.2 Å². The van der Waals surface area contributed by atoms with Crippen LogP contribution in [0.5, 0.6) is 0 Å². The standard InChI is InChI=1S/C43H29N/c1-43(2)37-16-7-5-13-36(37)41-38(43)25-24-35-31-12-6-8-17-39(31)44(42(35)41)27-20-18-26(19-21-27)28-22-23-34-30-11-4-3-10-29(30)33-15-9-14-32(28)40(33)34/h3-25H,1-2H3. The Morgan fingerprint density at radius 3 is 1.89 bits per heavy atom. The summed E-state index contributed by atoms with van der Waals surface area (Å²) in [6, 6.07) is 52.0. The van der Waals surface area contributed by atoms with Gasteiger partial charge in [0.05, 0.1) is 11.0 Å². The van der Waals surface area contributed by atoms with E-state index in [4.69, 9.17) is 0 Å². The fourth-order valence-corrected chi connectivity index (χ4v) is 8.36. The fourth-order valence-electron chi connectivity index (χ4n) is 8.36. The first-order valence-electron chi connectivity index (χ1n) is 15.5. The van der Waals surface area contributed by atoms with Crippen molar-refractivity contribution in [3.63, 3.8) is 0 Å². The van der Waals surface area contributed by atoms with Crippen LogP contribution in [-0.2, 0) is 5.41 Å². The SMILES string of the molecule is CC1(C)c2ccccc2-c2c1ccc1c3ccccc3n(-c3ccc(-c4ccc5c6c(cccc46)-c4ccccc4-5)cc3)c21. The molecule has 0 aliphatic heterocycles. The van der Waals surface area contributed by atoms with E-state index in [1.807, 2.05) is 0 Å². The summed E-state index contributed by atoms with van der Waals surface area (Å²) in [6.45, 7) is 4.73. The zero-order valence-corrected chi connectivity index (χ0v) is 24.7. The Balaban J connectivity index is 1.20. The van der Waals surface area contributed by atoms with Crippen molar-refractivity contribution in [2.24, 2.45) is 0 Å². The van der Waals surface area contributed by atoms with Gasteiger partial charge in [-0.2, -0.15) is 0 Å². The number of hydrogen-bond acceptors (Lipinski definition) is 0. The van der Waals surface area contributed by atoms with E-state index in [0.29, 0.717) is 0 Å². The van der Waals surface area contributed by atoms with Crippen LogP contribution in [0.4, 0.5) is 0 Å². The zero-order chi connectivity index (χ0) is 29.2. The van der Waals surface area contributed by atoms with Gasteiger partial charge >= 0.3 is 0 Å². The summed E-state index contributed by atoms with van der Waals surface area (Å²) >= 11 is 0. The second kappa shape index (κ2) is 8.36. The van der Waals surface area contributed by atoms with E-state index in [1.165, 1.54) is 93.9 Å². The number of fused-ring (bicyclic) bond motifs is 10. The maximum atomic E-state index is 2.50. The third-order valence-electron chi connectivity index (χ3n) is 10.4. The molecule has 1 heterocycles. The van der Waals surface area contributed by atoms with E-state index in [1.54, 1.807) is 0 Å². The van der Waals surface area contributed by atoms with Crippen molar-refractivity contribution in [3.05, 3.63) is 151 Å². The molecule has 0 saturated heterocycles. The third-order valence-corrected chi connectivity index (χ3v) is 10.4. The predicted molar refractivity (Wildman–Crippen MR) is 186 cm³/mol. The number of aromatic nitrogens is 1. The molecule has 0 amide bonds. The lowest BCUT2D eigenvalue weighted by molar-refractivity contribution is 0.661. The minimum Gasteiger partial charge on any atom is -0.309 e. The summed E-state index contributed by atoms with van der Waals surface area (Å²) in [7, 11) is 0. The van der Waals surface area contributed by atoms with Gasteiger partial charge in [-0.25, -0.2) is 0 Å². The van der Waals surface area contributed by atoms with Gasteiger partial charge in [0.15, 0.2) is 0 Å². The van der Waals surface area contributed by atoms with Gasteiger partial charge < -0.3 is 4.57 Å². The topological polar surface area (TPSA) is 4.93 Å². The van der Waals surface area contributed by atoms with Gasteiger partial charge in [0.2, 0.25) is 0 Å². The smallest absolute Gasteiger partial charge is 0.0622 e. The summed E-state index contributed by atoms with van der Waals surface area (Å²) < 4.78 is 2.50. The number of para-hydroxylation sites is 1. The maximum Gasteiger partial charge on any atom is 0.0622 e. The summed E-state index contributed by atoms with van der Waals surface area (Å²) in [6.07, 6.45) is 0. The second-order valence-electron chi connectivity index (χ2n) is 12.9. The van der Waals surface area contributed by atoms with Crippen LogP contribution in [0.25, 0.3) is 82.8 Å². The van der Waals surface area contributed by atoms with Gasteiger partial charge in [-0.3, -0.25) is 0 Å². The van der Waals surface area contributed by atoms with Gasteiger partial charge in [0.1, 0.15) is 0 Å². The lowest BCUT2D eigenvalue weighted by atomic mass is 9.82. The van der Waals surface area contributed by atoms with Gasteiger partial charge in [0.25, 0.3) is 0 Å². The van der Waals surface area contributed by atoms with Crippen LogP contribution in [0.3, 0.4) is 0 Å². The minimum absolute atomic E-state index is 0.0410. The van der Waals surface area contributed by atoms with Crippen molar-refractivity contribution in [1.82, 2.24) is 4.57 Å². The highest BCUT2D eigenvalue weighted by Crippen LogP contribution is 2.53. The Hall–Kier alpha value is -5.40. The Morgan fingerprint density at radius 1 is 0.432 bits per heavy atom. The minimum atomic E-state index is -0.0410. The molecule has 1 nitrogen and oxygen atoms in total. The third kappa shape index (κ3) is 2.94. The average Bonchev–Trinajstić information content (AvgIpc) is 3.66. The normalized spacial score (nSPS) is 13.9. The molecule has 44 heavy (non-hydrogen) atoms. The summed E-state index contributed by atoms with van der Waals surface area (Å²) in [4.78, 5) is 0. The molecule has 7 aromatic carbocycles. The highest BCUT2D eigenvalue weighted by Gasteiger charge is 2.37. The summed E-state index contributed by atoms with van der Waals surface area (Å²) in [5, 5.41) is 5.29. The first kappa shape index (κ1) is 24.1. The molecule has 0 saturated carbocycles. The van der Waals surface area contributed by atoms with E-state index in [9.17, 15) is 0 Å². The Labute approximate surface area is 256 Å². The molecule has 2 aliphatic carbocycles. The highest BCUT2D eigenvalue weighted by atomic mass is 15.0. The van der Waals surface area contributed by atoms with Gasteiger partial charge in [-0.05, 0) is 79.0 Å². The van der Waals surface area contributed by atoms with Crippen molar-refractivity contribution in [2.45, 2.75) is 19.3 Å². The molecule has 0 N–H and O–H groups in total. The van der Waals surface area contributed by atoms with Crippen molar-refractivity contribution in [1.29, 1.82) is 0 Å². The number of rotatable bonds is 2. The average molecular weight is 560 g/mol. The predicted octanol–water partition coefficient (Wildman–Crippen LogP) is 11.6. The van der Waals surface area contributed by atoms with Crippen molar-refractivity contribution < 1.29 is 0 Å². The Kier molecular flexibility index (Phi) is 4.58. The summed E-state index contributed by atoms with van der Waals surface area (Å²) in [5.74, 6) is 0. The molecule has 0 spiro atoms. The van der Waals surface area contributed by atoms with E-state index in [-0.39, 0.29) is 5.41 Å². The van der Waals surface area contributed by atoms with E-state index in [2.05, 4.69) is 158 Å². The number of nitrogens with zero attached hydrogens (tertiary/aromatic N) is 1. The van der Waals surface area contributed by atoms with Crippen LogP contribution in [0.2, 0.25) is 0 Å². The highest BCUT2D eigenvalue weighted by molar-refractivity contribution is 6.19. The summed E-state index contributed by atoms with van der Waals surface area (Å²) in [5.41, 5.74) is 17.1. The van der Waals surface area contributed by atoms with Crippen LogP contribution in [0, 0.1) is 0 Å². The van der Waals surface area contributed by atoms with Gasteiger partial charge in [-0.15, -0.1) is 0 Å². The molecule has 1 aromatic heterocycles. The molecular weight excluding hydrogens is 530 g/mol. The zero-order valence-electron chi connectivity index (χ0n) is 24.7. The molecule has 0 atom stereocenters. The fraction of sp³-hybridized carbons (Fsp3) is 0.0698. The van der Waals surface area contributed by atoms with E-state index < -0.39 is 0 Å². The van der Waals surface area contributed by atoms with Crippen LogP contribution >= 0.6 is 0 Å². The maximum absolute atomic E-state index is 2.50. The lowest BCUT2D eigenvalue weighted by Crippen LogP contribution is -2.14. The molecule has 2 aliphatic rings. The molecule has 0 bridgehead atoms. The molecule has 0 fully saturated rings. The molecule has 1 heteroatoms. The molecule has 10 rings (SSSR count).